The van der Waals surface area contributed by atoms with Gasteiger partial charge in [0.25, 0.3) is 6.71 Å². The largest absolute Gasteiger partial charge is 0.458 e. The number of benzene rings is 9. The first kappa shape index (κ1) is 35.2. The third kappa shape index (κ3) is 5.77. The van der Waals surface area contributed by atoms with Gasteiger partial charge in [-0.15, -0.1) is 0 Å². The first-order valence-corrected chi connectivity index (χ1v) is 20.9. The normalized spacial score (nSPS) is 12.3. The van der Waals surface area contributed by atoms with E-state index in [-0.39, 0.29) is 6.71 Å². The maximum absolute atomic E-state index is 7.12. The van der Waals surface area contributed by atoms with Gasteiger partial charge >= 0.3 is 0 Å². The van der Waals surface area contributed by atoms with Crippen LogP contribution in [0.15, 0.2) is 199 Å². The van der Waals surface area contributed by atoms with Crippen LogP contribution in [0.2, 0.25) is 0 Å². The van der Waals surface area contributed by atoms with Crippen LogP contribution in [-0.2, 0) is 0 Å². The average molecular weight is 784 g/mol. The van der Waals surface area contributed by atoms with E-state index in [0.29, 0.717) is 0 Å². The zero-order valence-corrected chi connectivity index (χ0v) is 33.7. The minimum absolute atomic E-state index is 0.0988. The van der Waals surface area contributed by atoms with Crippen molar-refractivity contribution in [1.29, 1.82) is 0 Å². The van der Waals surface area contributed by atoms with Gasteiger partial charge in [-0.1, -0.05) is 158 Å². The van der Waals surface area contributed by atoms with Gasteiger partial charge in [-0.3, -0.25) is 0 Å². The third-order valence-electron chi connectivity index (χ3n) is 12.4. The lowest BCUT2D eigenvalue weighted by Gasteiger charge is -2.35. The van der Waals surface area contributed by atoms with Crippen LogP contribution in [0.5, 0.6) is 23.0 Å². The van der Waals surface area contributed by atoms with Crippen LogP contribution >= 0.6 is 0 Å². The van der Waals surface area contributed by atoms with Gasteiger partial charge in [-0.05, 0) is 93.5 Å². The van der Waals surface area contributed by atoms with E-state index < -0.39 is 0 Å². The Kier molecular flexibility index (Phi) is 8.04. The van der Waals surface area contributed by atoms with Gasteiger partial charge < -0.3 is 18.8 Å². The first-order chi connectivity index (χ1) is 30.1. The number of rotatable bonds is 6. The Labute approximate surface area is 355 Å². The number of fused-ring (bicyclic) bond motifs is 7. The molecule has 10 aromatic rings. The Hall–Kier alpha value is -7.76. The van der Waals surface area contributed by atoms with Crippen LogP contribution in [0.3, 0.4) is 0 Å². The van der Waals surface area contributed by atoms with Gasteiger partial charge in [0, 0.05) is 34.1 Å². The highest BCUT2D eigenvalue weighted by molar-refractivity contribution is 6.98. The second-order valence-electron chi connectivity index (χ2n) is 16.1. The van der Waals surface area contributed by atoms with Crippen LogP contribution in [-0.4, -0.2) is 6.71 Å². The van der Waals surface area contributed by atoms with Crippen molar-refractivity contribution >= 4 is 62.1 Å². The van der Waals surface area contributed by atoms with E-state index in [4.69, 9.17) is 13.9 Å². The van der Waals surface area contributed by atoms with Gasteiger partial charge in [0.05, 0.1) is 11.4 Å². The van der Waals surface area contributed by atoms with Crippen LogP contribution < -0.4 is 30.8 Å². The average Bonchev–Trinajstić information content (AvgIpc) is 3.69. The molecule has 9 aromatic carbocycles. The summed E-state index contributed by atoms with van der Waals surface area (Å²) in [5, 5.41) is 2.15. The summed E-state index contributed by atoms with van der Waals surface area (Å²) in [6.45, 7) is 4.25. The minimum atomic E-state index is -0.0988. The molecule has 0 aliphatic carbocycles. The van der Waals surface area contributed by atoms with Crippen molar-refractivity contribution in [1.82, 2.24) is 0 Å². The molecule has 0 saturated carbocycles. The molecule has 0 saturated heterocycles. The van der Waals surface area contributed by atoms with Gasteiger partial charge in [0.1, 0.15) is 28.6 Å². The predicted molar refractivity (Wildman–Crippen MR) is 252 cm³/mol. The molecule has 5 heteroatoms. The van der Waals surface area contributed by atoms with E-state index >= 15 is 0 Å². The summed E-state index contributed by atoms with van der Waals surface area (Å²) in [4.78, 5) is 2.35. The van der Waals surface area contributed by atoms with Crippen molar-refractivity contribution in [2.24, 2.45) is 0 Å². The molecule has 2 aliphatic heterocycles. The number of para-hydroxylation sites is 1. The molecular weight excluding hydrogens is 745 g/mol. The molecule has 0 amide bonds. The van der Waals surface area contributed by atoms with E-state index in [0.717, 1.165) is 123 Å². The maximum Gasteiger partial charge on any atom is 0.260 e. The molecule has 1 aromatic heterocycles. The van der Waals surface area contributed by atoms with Gasteiger partial charge in [0.15, 0.2) is 5.58 Å². The molecule has 0 radical (unpaired) electrons. The Balaban J connectivity index is 1.12. The van der Waals surface area contributed by atoms with E-state index in [1.54, 1.807) is 0 Å². The summed E-state index contributed by atoms with van der Waals surface area (Å²) < 4.78 is 21.1. The van der Waals surface area contributed by atoms with Gasteiger partial charge in [-0.2, -0.15) is 0 Å². The molecule has 288 valence electrons. The van der Waals surface area contributed by atoms with Crippen molar-refractivity contribution in [3.05, 3.63) is 205 Å². The van der Waals surface area contributed by atoms with Gasteiger partial charge in [0.2, 0.25) is 0 Å². The van der Waals surface area contributed by atoms with Crippen LogP contribution in [0.1, 0.15) is 11.1 Å². The number of anilines is 3. The zero-order valence-electron chi connectivity index (χ0n) is 33.7. The molecule has 0 N–H and O–H groups in total. The summed E-state index contributed by atoms with van der Waals surface area (Å²) in [6.07, 6.45) is 0. The van der Waals surface area contributed by atoms with Crippen LogP contribution in [0.4, 0.5) is 17.1 Å². The molecule has 12 rings (SSSR count). The monoisotopic (exact) mass is 783 g/mol. The fourth-order valence-corrected chi connectivity index (χ4v) is 9.43. The first-order valence-electron chi connectivity index (χ1n) is 20.9. The summed E-state index contributed by atoms with van der Waals surface area (Å²) in [6, 6.07) is 68.7. The van der Waals surface area contributed by atoms with Crippen molar-refractivity contribution in [3.8, 4) is 56.4 Å². The van der Waals surface area contributed by atoms with E-state index in [2.05, 4.69) is 201 Å². The number of hydrogen-bond donors (Lipinski definition) is 0. The highest BCUT2D eigenvalue weighted by Gasteiger charge is 2.41. The molecule has 3 heterocycles. The fourth-order valence-electron chi connectivity index (χ4n) is 9.43. The van der Waals surface area contributed by atoms with E-state index in [1.165, 1.54) is 0 Å². The SMILES string of the molecule is Cc1ccc(-c2ccccc2)cc1N(c1cc2c3c(c1)Oc1cc(-c4ccccc4)ccc1B3c1ccc(-c3ccccc3)cc1O2)c1c(C)ccc2c1oc1ccccc12. The van der Waals surface area contributed by atoms with E-state index in [1.807, 2.05) is 12.1 Å². The number of furan rings is 1. The van der Waals surface area contributed by atoms with Crippen LogP contribution in [0.25, 0.3) is 55.3 Å². The molecule has 61 heavy (non-hydrogen) atoms. The Morgan fingerprint density at radius 2 is 0.918 bits per heavy atom. The second-order valence-corrected chi connectivity index (χ2v) is 16.1. The topological polar surface area (TPSA) is 34.8 Å². The summed E-state index contributed by atoms with van der Waals surface area (Å²) in [5.74, 6) is 3.21. The number of aryl methyl sites for hydroxylation is 2. The van der Waals surface area contributed by atoms with Crippen molar-refractivity contribution < 1.29 is 13.9 Å². The zero-order chi connectivity index (χ0) is 40.6. The second kappa shape index (κ2) is 13.9. The van der Waals surface area contributed by atoms with E-state index in [9.17, 15) is 0 Å². The summed E-state index contributed by atoms with van der Waals surface area (Å²) >= 11 is 0. The summed E-state index contributed by atoms with van der Waals surface area (Å²) in [5.41, 5.74) is 16.8. The molecular formula is C56H38BNO3. The molecule has 0 bridgehead atoms. The highest BCUT2D eigenvalue weighted by Crippen LogP contribution is 2.49. The fraction of sp³-hybridized carbons (Fsp3) is 0.0357. The highest BCUT2D eigenvalue weighted by atomic mass is 16.5. The lowest BCUT2D eigenvalue weighted by Crippen LogP contribution is -2.57. The van der Waals surface area contributed by atoms with Crippen LogP contribution in [0, 0.1) is 13.8 Å². The molecule has 0 fully saturated rings. The third-order valence-corrected chi connectivity index (χ3v) is 12.4. The maximum atomic E-state index is 7.12. The Bertz CT molecular complexity index is 3230. The Morgan fingerprint density at radius 1 is 0.410 bits per heavy atom. The number of ether oxygens (including phenoxy) is 2. The molecule has 2 aliphatic rings. The molecule has 4 nitrogen and oxygen atoms in total. The predicted octanol–water partition coefficient (Wildman–Crippen LogP) is 13.4. The van der Waals surface area contributed by atoms with Crippen molar-refractivity contribution in [3.63, 3.8) is 0 Å². The Morgan fingerprint density at radius 3 is 1.51 bits per heavy atom. The number of hydrogen-bond acceptors (Lipinski definition) is 4. The smallest absolute Gasteiger partial charge is 0.260 e. The molecule has 0 unspecified atom stereocenters. The summed E-state index contributed by atoms with van der Waals surface area (Å²) in [7, 11) is 0. The lowest BCUT2D eigenvalue weighted by molar-refractivity contribution is 0.465. The standard InChI is InChI=1S/C56H38BNO3/c1-35-22-24-40(37-14-6-3-7-15-37)30-48(35)58(55-36(2)23-27-45-44-20-12-13-21-49(44)61-56(45)55)43-33-52-54-53(34-43)60-51-32-42(39-18-10-5-11-19-39)26-29-47(51)57(54)46-28-25-41(31-50(46)59-52)38-16-8-4-9-17-38/h3-34H,1-2H3. The quantitative estimate of drug-likeness (QED) is 0.157. The lowest BCUT2D eigenvalue weighted by atomic mass is 9.34. The molecule has 0 atom stereocenters. The molecule has 0 spiro atoms. The number of nitrogens with zero attached hydrogens (tertiary/aromatic N) is 1. The van der Waals surface area contributed by atoms with Crippen molar-refractivity contribution in [2.45, 2.75) is 13.8 Å². The van der Waals surface area contributed by atoms with Gasteiger partial charge in [-0.25, -0.2) is 0 Å². The van der Waals surface area contributed by atoms with Crippen molar-refractivity contribution in [2.75, 3.05) is 4.90 Å². The minimum Gasteiger partial charge on any atom is -0.458 e.